The molecule has 5 heteroatoms. The summed E-state index contributed by atoms with van der Waals surface area (Å²) < 4.78 is 8.41. The van der Waals surface area contributed by atoms with Gasteiger partial charge in [0.25, 0.3) is 0 Å². The van der Waals surface area contributed by atoms with Gasteiger partial charge in [-0.05, 0) is 58.7 Å². The van der Waals surface area contributed by atoms with Crippen molar-refractivity contribution in [2.75, 3.05) is 20.2 Å². The summed E-state index contributed by atoms with van der Waals surface area (Å²) >= 11 is 1.80. The highest BCUT2D eigenvalue weighted by Gasteiger charge is 2.27. The van der Waals surface area contributed by atoms with Gasteiger partial charge in [-0.3, -0.25) is 4.90 Å². The van der Waals surface area contributed by atoms with Crippen LogP contribution in [0.25, 0.3) is 21.5 Å². The second kappa shape index (κ2) is 8.35. The summed E-state index contributed by atoms with van der Waals surface area (Å²) in [6.45, 7) is 7.00. The lowest BCUT2D eigenvalue weighted by Gasteiger charge is -2.26. The molecule has 0 amide bonds. The molecule has 1 atom stereocenters. The predicted octanol–water partition coefficient (Wildman–Crippen LogP) is 6.74. The van der Waals surface area contributed by atoms with Crippen LogP contribution in [0.1, 0.15) is 75.3 Å². The molecule has 0 bridgehead atoms. The van der Waals surface area contributed by atoms with Crippen molar-refractivity contribution in [2.24, 2.45) is 0 Å². The number of nitrogens with zero attached hydrogens (tertiary/aromatic N) is 3. The lowest BCUT2D eigenvalue weighted by Crippen LogP contribution is -2.23. The maximum atomic E-state index is 5.83. The highest BCUT2D eigenvalue weighted by molar-refractivity contribution is 7.13. The van der Waals surface area contributed by atoms with Gasteiger partial charge in [0.05, 0.1) is 24.4 Å². The number of benzene rings is 1. The number of thiazole rings is 1. The molecule has 4 nitrogen and oxygen atoms in total. The van der Waals surface area contributed by atoms with E-state index in [2.05, 4.69) is 46.9 Å². The number of rotatable bonds is 5. The van der Waals surface area contributed by atoms with Gasteiger partial charge in [0.15, 0.2) is 0 Å². The third-order valence-corrected chi connectivity index (χ3v) is 8.12. The third kappa shape index (κ3) is 3.36. The van der Waals surface area contributed by atoms with E-state index in [1.54, 1.807) is 18.4 Å². The van der Waals surface area contributed by atoms with Crippen molar-refractivity contribution in [2.45, 2.75) is 70.9 Å². The maximum Gasteiger partial charge on any atom is 0.143 e. The summed E-state index contributed by atoms with van der Waals surface area (Å²) in [6.07, 6.45) is 9.16. The Bertz CT molecular complexity index is 1020. The van der Waals surface area contributed by atoms with E-state index in [1.165, 1.54) is 85.9 Å². The van der Waals surface area contributed by atoms with Crippen LogP contribution in [0.5, 0.6) is 5.75 Å². The van der Waals surface area contributed by atoms with Crippen molar-refractivity contribution in [3.8, 4) is 16.3 Å². The molecule has 2 aromatic heterocycles. The Kier molecular flexibility index (Phi) is 5.59. The Labute approximate surface area is 183 Å². The van der Waals surface area contributed by atoms with Crippen LogP contribution in [-0.2, 0) is 0 Å². The number of likely N-dealkylation sites (tertiary alicyclic amines) is 1. The zero-order valence-electron chi connectivity index (χ0n) is 18.5. The van der Waals surface area contributed by atoms with E-state index >= 15 is 0 Å². The van der Waals surface area contributed by atoms with Gasteiger partial charge in [-0.2, -0.15) is 0 Å². The number of ether oxygens (including phenoxy) is 1. The molecule has 2 fully saturated rings. The van der Waals surface area contributed by atoms with Crippen LogP contribution in [0, 0.1) is 6.92 Å². The zero-order valence-corrected chi connectivity index (χ0v) is 19.3. The Morgan fingerprint density at radius 3 is 2.60 bits per heavy atom. The Morgan fingerprint density at radius 2 is 1.87 bits per heavy atom. The first-order valence-corrected chi connectivity index (χ1v) is 12.4. The second-order valence-electron chi connectivity index (χ2n) is 8.98. The smallest absolute Gasteiger partial charge is 0.143 e. The van der Waals surface area contributed by atoms with Crippen molar-refractivity contribution in [3.63, 3.8) is 0 Å². The van der Waals surface area contributed by atoms with E-state index in [1.807, 2.05) is 0 Å². The molecule has 1 saturated heterocycles. The molecule has 1 unspecified atom stereocenters. The van der Waals surface area contributed by atoms with Gasteiger partial charge in [-0.15, -0.1) is 11.3 Å². The fraction of sp³-hybridized carbons (Fsp3) is 0.560. The molecular formula is C25H33N3OS. The predicted molar refractivity (Wildman–Crippen MR) is 126 cm³/mol. The molecule has 1 aromatic carbocycles. The van der Waals surface area contributed by atoms with Gasteiger partial charge in [0.1, 0.15) is 10.8 Å². The van der Waals surface area contributed by atoms with E-state index in [0.29, 0.717) is 12.1 Å². The molecule has 1 aliphatic carbocycles. The Balaban J connectivity index is 1.62. The molecule has 0 radical (unpaired) electrons. The van der Waals surface area contributed by atoms with Crippen molar-refractivity contribution in [1.82, 2.24) is 14.5 Å². The highest BCUT2D eigenvalue weighted by atomic mass is 32.1. The number of hydrogen-bond acceptors (Lipinski definition) is 4. The van der Waals surface area contributed by atoms with E-state index in [9.17, 15) is 0 Å². The number of methoxy groups -OCH3 is 1. The standard InChI is InChI=1S/C25H33N3OS/c1-17(27-14-7-8-15-27)21-16-30-25(26-21)23-18(2)28(19-10-5-4-6-11-19)24-20(23)12-9-13-22(24)29-3/h9,12-13,16-17,19H,4-8,10-11,14-15H2,1-3H3. The van der Waals surface area contributed by atoms with E-state index in [0.717, 1.165) is 10.8 Å². The van der Waals surface area contributed by atoms with Crippen molar-refractivity contribution in [3.05, 3.63) is 35.0 Å². The van der Waals surface area contributed by atoms with E-state index < -0.39 is 0 Å². The van der Waals surface area contributed by atoms with Gasteiger partial charge >= 0.3 is 0 Å². The van der Waals surface area contributed by atoms with Gasteiger partial charge in [0, 0.05) is 28.1 Å². The molecule has 30 heavy (non-hydrogen) atoms. The van der Waals surface area contributed by atoms with E-state index in [4.69, 9.17) is 9.72 Å². The highest BCUT2D eigenvalue weighted by Crippen LogP contribution is 2.44. The minimum Gasteiger partial charge on any atom is -0.495 e. The number of aromatic nitrogens is 2. The minimum atomic E-state index is 0.402. The van der Waals surface area contributed by atoms with Gasteiger partial charge < -0.3 is 9.30 Å². The first kappa shape index (κ1) is 20.1. The largest absolute Gasteiger partial charge is 0.495 e. The molecule has 3 aromatic rings. The molecule has 160 valence electrons. The third-order valence-electron chi connectivity index (χ3n) is 7.24. The molecule has 0 N–H and O–H groups in total. The molecular weight excluding hydrogens is 390 g/mol. The molecule has 1 saturated carbocycles. The average Bonchev–Trinajstić information content (AvgIpc) is 3.52. The van der Waals surface area contributed by atoms with Gasteiger partial charge in [0.2, 0.25) is 0 Å². The molecule has 0 spiro atoms. The average molecular weight is 424 g/mol. The van der Waals surface area contributed by atoms with Gasteiger partial charge in [-0.1, -0.05) is 31.4 Å². The van der Waals surface area contributed by atoms with E-state index in [-0.39, 0.29) is 0 Å². The van der Waals surface area contributed by atoms with Crippen LogP contribution in [0.3, 0.4) is 0 Å². The maximum absolute atomic E-state index is 5.83. The minimum absolute atomic E-state index is 0.402. The second-order valence-corrected chi connectivity index (χ2v) is 9.83. The fourth-order valence-electron chi connectivity index (χ4n) is 5.59. The molecule has 3 heterocycles. The first-order chi connectivity index (χ1) is 14.7. The summed E-state index contributed by atoms with van der Waals surface area (Å²) in [5, 5.41) is 4.72. The fourth-order valence-corrected chi connectivity index (χ4v) is 6.61. The normalized spacial score (nSPS) is 19.6. The number of para-hydroxylation sites is 1. The summed E-state index contributed by atoms with van der Waals surface area (Å²) in [5.41, 5.74) is 5.12. The summed E-state index contributed by atoms with van der Waals surface area (Å²) in [5.74, 6) is 0.981. The zero-order chi connectivity index (χ0) is 20.7. The lowest BCUT2D eigenvalue weighted by atomic mass is 9.95. The SMILES string of the molecule is COc1cccc2c(-c3nc(C(C)N4CCCC4)cs3)c(C)n(C3CCCCC3)c12. The molecule has 1 aliphatic heterocycles. The summed E-state index contributed by atoms with van der Waals surface area (Å²) in [4.78, 5) is 7.74. The van der Waals surface area contributed by atoms with Crippen molar-refractivity contribution in [1.29, 1.82) is 0 Å². The van der Waals surface area contributed by atoms with Crippen molar-refractivity contribution >= 4 is 22.2 Å². The van der Waals surface area contributed by atoms with Crippen LogP contribution < -0.4 is 4.74 Å². The Hall–Kier alpha value is -1.85. The van der Waals surface area contributed by atoms with Crippen LogP contribution in [0.15, 0.2) is 23.6 Å². The van der Waals surface area contributed by atoms with Crippen LogP contribution in [-0.4, -0.2) is 34.7 Å². The molecule has 2 aliphatic rings. The topological polar surface area (TPSA) is 30.3 Å². The van der Waals surface area contributed by atoms with Crippen molar-refractivity contribution < 1.29 is 4.74 Å². The summed E-state index contributed by atoms with van der Waals surface area (Å²) in [7, 11) is 1.79. The quantitative estimate of drug-likeness (QED) is 0.455. The monoisotopic (exact) mass is 423 g/mol. The van der Waals surface area contributed by atoms with Crippen LogP contribution >= 0.6 is 11.3 Å². The Morgan fingerprint density at radius 1 is 1.10 bits per heavy atom. The first-order valence-electron chi connectivity index (χ1n) is 11.6. The molecule has 5 rings (SSSR count). The number of fused-ring (bicyclic) bond motifs is 1. The van der Waals surface area contributed by atoms with Crippen LogP contribution in [0.4, 0.5) is 0 Å². The van der Waals surface area contributed by atoms with Crippen LogP contribution in [0.2, 0.25) is 0 Å². The number of hydrogen-bond donors (Lipinski definition) is 0. The van der Waals surface area contributed by atoms with Gasteiger partial charge in [-0.25, -0.2) is 4.98 Å². The lowest BCUT2D eigenvalue weighted by molar-refractivity contribution is 0.259. The summed E-state index contributed by atoms with van der Waals surface area (Å²) in [6, 6.07) is 7.45.